The van der Waals surface area contributed by atoms with Crippen molar-refractivity contribution in [2.75, 3.05) is 13.2 Å². The van der Waals surface area contributed by atoms with Gasteiger partial charge in [0.1, 0.15) is 6.10 Å². The molecule has 7 nitrogen and oxygen atoms in total. The maximum atomic E-state index is 10.3. The van der Waals surface area contributed by atoms with Gasteiger partial charge in [0.2, 0.25) is 0 Å². The van der Waals surface area contributed by atoms with Gasteiger partial charge < -0.3 is 30.3 Å². The number of aliphatic carboxylic acids is 2. The summed E-state index contributed by atoms with van der Waals surface area (Å²) in [4.78, 5) is 20.6. The Morgan fingerprint density at radius 1 is 0.447 bits per heavy atom. The summed E-state index contributed by atoms with van der Waals surface area (Å²) in [5, 5.41) is 42.8. The van der Waals surface area contributed by atoms with Gasteiger partial charge >= 0.3 is 35.5 Å². The first-order valence-electron chi connectivity index (χ1n) is 19.7. The van der Waals surface area contributed by atoms with Crippen molar-refractivity contribution in [3.63, 3.8) is 0 Å². The van der Waals surface area contributed by atoms with Crippen LogP contribution < -0.4 is 34.7 Å². The zero-order chi connectivity index (χ0) is 34.8. The molecule has 0 bridgehead atoms. The molecule has 0 aromatic rings. The Labute approximate surface area is 313 Å². The summed E-state index contributed by atoms with van der Waals surface area (Å²) in [5.74, 6) is -1.56. The third-order valence-corrected chi connectivity index (χ3v) is 8.40. The van der Waals surface area contributed by atoms with Crippen LogP contribution in [0.4, 0.5) is 0 Å². The molecule has 0 amide bonds. The van der Waals surface area contributed by atoms with Crippen molar-refractivity contribution in [3.05, 3.63) is 0 Å². The molecule has 0 atom stereocenters. The SMILES string of the molecule is CCCCCCCCCCCCCCCCCC(=O)O.CCCCCCCCCCCCCCCCCC(=O)[O-].OCC(O)CO.[Na+]. The fraction of sp³-hybridized carbons (Fsp3) is 0.949. The van der Waals surface area contributed by atoms with Crippen LogP contribution in [-0.4, -0.2) is 51.7 Å². The fourth-order valence-corrected chi connectivity index (χ4v) is 5.35. The Balaban J connectivity index is -0.000000329. The van der Waals surface area contributed by atoms with Gasteiger partial charge in [0.15, 0.2) is 0 Å². The second kappa shape index (κ2) is 50.2. The number of rotatable bonds is 34. The van der Waals surface area contributed by atoms with Crippen molar-refractivity contribution in [3.8, 4) is 0 Å². The summed E-state index contributed by atoms with van der Waals surface area (Å²) < 4.78 is 0. The van der Waals surface area contributed by atoms with Gasteiger partial charge in [0.25, 0.3) is 0 Å². The van der Waals surface area contributed by atoms with Crippen LogP contribution in [0.2, 0.25) is 0 Å². The quantitative estimate of drug-likeness (QED) is 0.0440. The minimum atomic E-state index is -0.954. The number of carbonyl (C=O) groups is 2. The molecular weight excluding hydrogens is 603 g/mol. The third-order valence-electron chi connectivity index (χ3n) is 8.40. The Morgan fingerprint density at radius 2 is 0.660 bits per heavy atom. The number of aliphatic hydroxyl groups is 3. The van der Waals surface area contributed by atoms with Gasteiger partial charge in [-0.05, 0) is 19.3 Å². The summed E-state index contributed by atoms with van der Waals surface area (Å²) in [6, 6.07) is 0. The van der Waals surface area contributed by atoms with Crippen LogP contribution >= 0.6 is 0 Å². The van der Waals surface area contributed by atoms with Gasteiger partial charge in [-0.2, -0.15) is 0 Å². The van der Waals surface area contributed by atoms with Gasteiger partial charge in [0, 0.05) is 12.4 Å². The number of hydrogen-bond acceptors (Lipinski definition) is 6. The van der Waals surface area contributed by atoms with E-state index in [0.717, 1.165) is 25.7 Å². The van der Waals surface area contributed by atoms with Crippen LogP contribution in [0.15, 0.2) is 0 Å². The van der Waals surface area contributed by atoms with Crippen LogP contribution in [0.25, 0.3) is 0 Å². The van der Waals surface area contributed by atoms with E-state index in [1.165, 1.54) is 167 Å². The number of unbranched alkanes of at least 4 members (excludes halogenated alkanes) is 28. The van der Waals surface area contributed by atoms with Crippen molar-refractivity contribution >= 4 is 11.9 Å². The van der Waals surface area contributed by atoms with Gasteiger partial charge in [-0.3, -0.25) is 4.79 Å². The van der Waals surface area contributed by atoms with Gasteiger partial charge in [-0.1, -0.05) is 194 Å². The van der Waals surface area contributed by atoms with E-state index >= 15 is 0 Å². The molecule has 0 rings (SSSR count). The van der Waals surface area contributed by atoms with Crippen LogP contribution in [0.3, 0.4) is 0 Å². The molecule has 0 radical (unpaired) electrons. The predicted molar refractivity (Wildman–Crippen MR) is 192 cm³/mol. The molecule has 0 aromatic heterocycles. The molecule has 0 aliphatic rings. The van der Waals surface area contributed by atoms with E-state index in [-0.39, 0.29) is 49.2 Å². The number of hydrogen-bond donors (Lipinski definition) is 4. The van der Waals surface area contributed by atoms with Gasteiger partial charge in [0.05, 0.1) is 13.2 Å². The van der Waals surface area contributed by atoms with E-state index in [4.69, 9.17) is 20.4 Å². The average molecular weight is 683 g/mol. The van der Waals surface area contributed by atoms with Crippen LogP contribution in [0.5, 0.6) is 0 Å². The second-order valence-corrected chi connectivity index (χ2v) is 13.2. The molecular formula is C39H79NaO7. The maximum Gasteiger partial charge on any atom is 1.00 e. The Hall–Kier alpha value is -0.180. The molecule has 0 fully saturated rings. The first-order valence-corrected chi connectivity index (χ1v) is 19.7. The van der Waals surface area contributed by atoms with E-state index in [9.17, 15) is 14.7 Å². The predicted octanol–water partition coefficient (Wildman–Crippen LogP) is 6.67. The number of carboxylic acids is 2. The van der Waals surface area contributed by atoms with Crippen LogP contribution in [0, 0.1) is 0 Å². The molecule has 47 heavy (non-hydrogen) atoms. The number of carboxylic acid groups (broad SMARTS) is 2. The Kier molecular flexibility index (Phi) is 57.3. The summed E-state index contributed by atoms with van der Waals surface area (Å²) in [6.45, 7) is 3.81. The third kappa shape index (κ3) is 61.5. The molecule has 0 spiro atoms. The zero-order valence-electron chi connectivity index (χ0n) is 31.6. The smallest absolute Gasteiger partial charge is 0.550 e. The van der Waals surface area contributed by atoms with Crippen molar-refractivity contribution in [2.24, 2.45) is 0 Å². The van der Waals surface area contributed by atoms with E-state index in [0.29, 0.717) is 6.42 Å². The van der Waals surface area contributed by atoms with Crippen molar-refractivity contribution in [1.29, 1.82) is 0 Å². The monoisotopic (exact) mass is 683 g/mol. The average Bonchev–Trinajstić information content (AvgIpc) is 3.04. The molecule has 4 N–H and O–H groups in total. The summed E-state index contributed by atoms with van der Waals surface area (Å²) in [7, 11) is 0. The molecule has 8 heteroatoms. The van der Waals surface area contributed by atoms with Gasteiger partial charge in [-0.15, -0.1) is 0 Å². The van der Waals surface area contributed by atoms with Gasteiger partial charge in [-0.25, -0.2) is 0 Å². The molecule has 0 aliphatic heterocycles. The van der Waals surface area contributed by atoms with Crippen LogP contribution in [-0.2, 0) is 9.59 Å². The fourth-order valence-electron chi connectivity index (χ4n) is 5.35. The van der Waals surface area contributed by atoms with Crippen molar-refractivity contribution in [2.45, 2.75) is 225 Å². The minimum Gasteiger partial charge on any atom is -0.550 e. The molecule has 0 aromatic carbocycles. The number of carbonyl (C=O) groups excluding carboxylic acids is 1. The summed E-state index contributed by atoms with van der Waals surface area (Å²) >= 11 is 0. The first-order chi connectivity index (χ1) is 22.3. The van der Waals surface area contributed by atoms with Crippen molar-refractivity contribution < 1.29 is 64.7 Å². The zero-order valence-corrected chi connectivity index (χ0v) is 33.6. The van der Waals surface area contributed by atoms with E-state index in [2.05, 4.69) is 13.8 Å². The van der Waals surface area contributed by atoms with Crippen LogP contribution in [0.1, 0.15) is 219 Å². The molecule has 278 valence electrons. The maximum absolute atomic E-state index is 10.3. The van der Waals surface area contributed by atoms with E-state index in [1.54, 1.807) is 0 Å². The normalized spacial score (nSPS) is 10.5. The largest absolute Gasteiger partial charge is 1.00 e. The van der Waals surface area contributed by atoms with E-state index < -0.39 is 18.0 Å². The topological polar surface area (TPSA) is 138 Å². The molecule has 0 unspecified atom stereocenters. The summed E-state index contributed by atoms with van der Waals surface area (Å²) in [5.41, 5.74) is 0. The Morgan fingerprint density at radius 3 is 0.830 bits per heavy atom. The molecule has 0 heterocycles. The number of aliphatic hydroxyl groups excluding tert-OH is 3. The van der Waals surface area contributed by atoms with Crippen molar-refractivity contribution in [1.82, 2.24) is 0 Å². The standard InChI is InChI=1S/2C18H36O2.C3H8O3.Na/c2*1-2-3-4-5-6-7-8-9-10-11-12-13-14-15-16-17-18(19)20;4-1-3(6)2-5;/h2*2-17H2,1H3,(H,19,20);3-6H,1-2H2;/q;;;+1/p-1. The minimum absolute atomic E-state index is 0. The molecule has 0 saturated heterocycles. The molecule has 0 saturated carbocycles. The molecule has 0 aliphatic carbocycles. The first kappa shape index (κ1) is 53.6. The van der Waals surface area contributed by atoms with E-state index in [1.807, 2.05) is 0 Å². The Bertz CT molecular complexity index is 530. The second-order valence-electron chi connectivity index (χ2n) is 13.2. The summed E-state index contributed by atoms with van der Waals surface area (Å²) in [6.07, 6.45) is 39.1.